The van der Waals surface area contributed by atoms with Crippen LogP contribution >= 0.6 is 11.8 Å². The summed E-state index contributed by atoms with van der Waals surface area (Å²) in [6.07, 6.45) is 2.37. The molecule has 1 unspecified atom stereocenters. The number of anilines is 1. The first-order valence-corrected chi connectivity index (χ1v) is 13.6. The molecule has 1 atom stereocenters. The number of hydrogen-bond donors (Lipinski definition) is 1. The van der Waals surface area contributed by atoms with E-state index in [0.29, 0.717) is 29.0 Å². The van der Waals surface area contributed by atoms with Crippen LogP contribution in [0, 0.1) is 6.92 Å². The number of Topliss-reactive ketones (excluding diaryl/α,β-unsaturated/α-hetero) is 1. The molecule has 0 saturated heterocycles. The molecule has 38 heavy (non-hydrogen) atoms. The molecule has 198 valence electrons. The van der Waals surface area contributed by atoms with Crippen LogP contribution in [0.15, 0.2) is 66.3 Å². The Morgan fingerprint density at radius 1 is 1.13 bits per heavy atom. The molecule has 0 saturated carbocycles. The zero-order chi connectivity index (χ0) is 27.2. The number of carbonyl (C=O) groups is 2. The fraction of sp³-hybridized carbons (Fsp3) is 0.310. The van der Waals surface area contributed by atoms with Crippen LogP contribution in [0.3, 0.4) is 0 Å². The Morgan fingerprint density at radius 2 is 1.87 bits per heavy atom. The maximum absolute atomic E-state index is 13.5. The van der Waals surface area contributed by atoms with Crippen molar-refractivity contribution in [2.75, 3.05) is 11.1 Å². The molecule has 2 aromatic carbocycles. The average molecular weight is 532 g/mol. The maximum Gasteiger partial charge on any atom is 0.221 e. The number of nitrogens with zero attached hydrogens (tertiary/aromatic N) is 4. The van der Waals surface area contributed by atoms with Crippen molar-refractivity contribution in [2.45, 2.75) is 58.5 Å². The first kappa shape index (κ1) is 27.2. The molecule has 4 aromatic rings. The molecular weight excluding hydrogens is 498 g/mol. The maximum atomic E-state index is 13.5. The summed E-state index contributed by atoms with van der Waals surface area (Å²) < 4.78 is 10.3. The molecule has 0 spiro atoms. The van der Waals surface area contributed by atoms with Gasteiger partial charge in [-0.2, -0.15) is 0 Å². The van der Waals surface area contributed by atoms with Crippen molar-refractivity contribution in [3.8, 4) is 5.75 Å². The van der Waals surface area contributed by atoms with Gasteiger partial charge in [-0.15, -0.1) is 16.8 Å². The SMILES string of the molecule is C=CCn1c(SCC(=O)c2c(C)n(CCC)c3ccccc23)nnc1C(C)Oc1ccc(NC(C)=O)cc1. The van der Waals surface area contributed by atoms with Crippen LogP contribution in [-0.2, 0) is 17.9 Å². The zero-order valence-electron chi connectivity index (χ0n) is 22.2. The first-order valence-electron chi connectivity index (χ1n) is 12.7. The molecule has 1 amide bonds. The third-order valence-corrected chi connectivity index (χ3v) is 7.16. The van der Waals surface area contributed by atoms with Gasteiger partial charge in [0.05, 0.1) is 5.75 Å². The van der Waals surface area contributed by atoms with Gasteiger partial charge in [0.2, 0.25) is 5.91 Å². The molecule has 0 radical (unpaired) electrons. The van der Waals surface area contributed by atoms with Crippen LogP contribution < -0.4 is 10.1 Å². The molecule has 0 aliphatic rings. The molecule has 9 heteroatoms. The highest BCUT2D eigenvalue weighted by molar-refractivity contribution is 7.99. The number of nitrogens with one attached hydrogen (secondary N) is 1. The van der Waals surface area contributed by atoms with Gasteiger partial charge in [-0.25, -0.2) is 0 Å². The second-order valence-electron chi connectivity index (χ2n) is 9.05. The number of ether oxygens (including phenoxy) is 1. The van der Waals surface area contributed by atoms with Gasteiger partial charge in [-0.3, -0.25) is 14.2 Å². The minimum absolute atomic E-state index is 0.0665. The largest absolute Gasteiger partial charge is 0.483 e. The Bertz CT molecular complexity index is 1460. The predicted octanol–water partition coefficient (Wildman–Crippen LogP) is 6.21. The second-order valence-corrected chi connectivity index (χ2v) is 9.99. The number of ketones is 1. The van der Waals surface area contributed by atoms with Gasteiger partial charge in [0.1, 0.15) is 5.75 Å². The van der Waals surface area contributed by atoms with Crippen molar-refractivity contribution >= 4 is 40.0 Å². The normalized spacial score (nSPS) is 11.9. The van der Waals surface area contributed by atoms with Crippen LogP contribution in [0.4, 0.5) is 5.69 Å². The number of carbonyl (C=O) groups excluding carboxylic acids is 2. The number of aromatic nitrogens is 4. The van der Waals surface area contributed by atoms with Gasteiger partial charge in [0.25, 0.3) is 0 Å². The molecule has 4 rings (SSSR count). The summed E-state index contributed by atoms with van der Waals surface area (Å²) in [5.41, 5.74) is 3.56. The summed E-state index contributed by atoms with van der Waals surface area (Å²) in [7, 11) is 0. The van der Waals surface area contributed by atoms with E-state index in [9.17, 15) is 9.59 Å². The Kier molecular flexibility index (Phi) is 8.68. The number of thioether (sulfide) groups is 1. The third kappa shape index (κ3) is 5.83. The van der Waals surface area contributed by atoms with Crippen molar-refractivity contribution in [3.05, 3.63) is 78.3 Å². The standard InChI is InChI=1S/C29H33N5O3S/c1-6-16-33-19(3)27(24-10-8-9-11-25(24)33)26(36)18-38-29-32-31-28(34(29)17-7-2)20(4)37-23-14-12-22(13-15-23)30-21(5)35/h7-15,20H,2,6,16-18H2,1,3-5H3,(H,30,35). The molecule has 2 aromatic heterocycles. The summed E-state index contributed by atoms with van der Waals surface area (Å²) in [4.78, 5) is 24.7. The van der Waals surface area contributed by atoms with Gasteiger partial charge in [0.15, 0.2) is 22.9 Å². The van der Waals surface area contributed by atoms with Gasteiger partial charge in [-0.1, -0.05) is 43.0 Å². The van der Waals surface area contributed by atoms with Crippen molar-refractivity contribution in [1.29, 1.82) is 0 Å². The molecule has 8 nitrogen and oxygen atoms in total. The summed E-state index contributed by atoms with van der Waals surface area (Å²) in [6, 6.07) is 15.2. The Balaban J connectivity index is 1.51. The number of amides is 1. The number of hydrogen-bond acceptors (Lipinski definition) is 6. The lowest BCUT2D eigenvalue weighted by atomic mass is 10.1. The summed E-state index contributed by atoms with van der Waals surface area (Å²) in [6.45, 7) is 12.8. The van der Waals surface area contributed by atoms with Gasteiger partial charge in [0, 0.05) is 47.9 Å². The van der Waals surface area contributed by atoms with E-state index in [1.54, 1.807) is 30.3 Å². The Morgan fingerprint density at radius 3 is 2.55 bits per heavy atom. The van der Waals surface area contributed by atoms with Crippen molar-refractivity contribution in [2.24, 2.45) is 0 Å². The zero-order valence-corrected chi connectivity index (χ0v) is 23.0. The van der Waals surface area contributed by atoms with Crippen LogP contribution in [-0.4, -0.2) is 36.8 Å². The fourth-order valence-electron chi connectivity index (χ4n) is 4.58. The lowest BCUT2D eigenvalue weighted by Gasteiger charge is -2.16. The van der Waals surface area contributed by atoms with Crippen LogP contribution in [0.2, 0.25) is 0 Å². The number of allylic oxidation sites excluding steroid dienone is 1. The highest BCUT2D eigenvalue weighted by Crippen LogP contribution is 2.30. The molecule has 0 aliphatic carbocycles. The molecule has 0 bridgehead atoms. The first-order chi connectivity index (χ1) is 18.3. The monoisotopic (exact) mass is 531 g/mol. The van der Waals surface area contributed by atoms with E-state index in [1.807, 2.05) is 36.6 Å². The van der Waals surface area contributed by atoms with E-state index in [2.05, 4.69) is 39.7 Å². The van der Waals surface area contributed by atoms with Crippen LogP contribution in [0.1, 0.15) is 55.2 Å². The smallest absolute Gasteiger partial charge is 0.221 e. The predicted molar refractivity (Wildman–Crippen MR) is 152 cm³/mol. The summed E-state index contributed by atoms with van der Waals surface area (Å²) >= 11 is 1.37. The quantitative estimate of drug-likeness (QED) is 0.133. The van der Waals surface area contributed by atoms with E-state index in [0.717, 1.165) is 35.1 Å². The number of aryl methyl sites for hydroxylation is 1. The number of benzene rings is 2. The van der Waals surface area contributed by atoms with Crippen LogP contribution in [0.25, 0.3) is 10.9 Å². The van der Waals surface area contributed by atoms with E-state index < -0.39 is 6.10 Å². The van der Waals surface area contributed by atoms with Gasteiger partial charge >= 0.3 is 0 Å². The van der Waals surface area contributed by atoms with E-state index in [1.165, 1.54) is 18.7 Å². The van der Waals surface area contributed by atoms with E-state index in [-0.39, 0.29) is 17.4 Å². The van der Waals surface area contributed by atoms with E-state index >= 15 is 0 Å². The fourth-order valence-corrected chi connectivity index (χ4v) is 5.41. The lowest BCUT2D eigenvalue weighted by Crippen LogP contribution is -2.13. The average Bonchev–Trinajstić information content (AvgIpc) is 3.42. The summed E-state index contributed by atoms with van der Waals surface area (Å²) in [5, 5.41) is 13.1. The van der Waals surface area contributed by atoms with Crippen LogP contribution in [0.5, 0.6) is 5.75 Å². The second kappa shape index (κ2) is 12.1. The third-order valence-electron chi connectivity index (χ3n) is 6.20. The number of fused-ring (bicyclic) bond motifs is 1. The number of para-hydroxylation sites is 1. The molecule has 0 aliphatic heterocycles. The summed E-state index contributed by atoms with van der Waals surface area (Å²) in [5.74, 6) is 1.46. The van der Waals surface area contributed by atoms with Crippen molar-refractivity contribution in [3.63, 3.8) is 0 Å². The molecular formula is C29H33N5O3S. The molecule has 2 heterocycles. The lowest BCUT2D eigenvalue weighted by molar-refractivity contribution is -0.114. The molecule has 0 fully saturated rings. The number of rotatable bonds is 12. The minimum atomic E-state index is -0.395. The highest BCUT2D eigenvalue weighted by atomic mass is 32.2. The van der Waals surface area contributed by atoms with Crippen molar-refractivity contribution < 1.29 is 14.3 Å². The van der Waals surface area contributed by atoms with E-state index in [4.69, 9.17) is 4.74 Å². The highest BCUT2D eigenvalue weighted by Gasteiger charge is 2.23. The van der Waals surface area contributed by atoms with Crippen molar-refractivity contribution in [1.82, 2.24) is 19.3 Å². The Labute approximate surface area is 227 Å². The Hall–Kier alpha value is -3.85. The topological polar surface area (TPSA) is 91.0 Å². The van der Waals surface area contributed by atoms with Gasteiger partial charge in [-0.05, 0) is 50.6 Å². The minimum Gasteiger partial charge on any atom is -0.483 e. The molecule has 1 N–H and O–H groups in total. The van der Waals surface area contributed by atoms with Gasteiger partial charge < -0.3 is 14.6 Å².